The molecule has 18 heavy (non-hydrogen) atoms. The molecule has 1 saturated heterocycles. The van der Waals surface area contributed by atoms with Crippen molar-refractivity contribution in [2.45, 2.75) is 32.2 Å². The van der Waals surface area contributed by atoms with Gasteiger partial charge in [0.15, 0.2) is 11.6 Å². The Morgan fingerprint density at radius 1 is 1.39 bits per heavy atom. The van der Waals surface area contributed by atoms with Gasteiger partial charge in [-0.3, -0.25) is 0 Å². The van der Waals surface area contributed by atoms with Crippen LogP contribution in [0.15, 0.2) is 12.3 Å². The van der Waals surface area contributed by atoms with Crippen LogP contribution < -0.4 is 10.2 Å². The normalized spacial score (nSPS) is 17.2. The summed E-state index contributed by atoms with van der Waals surface area (Å²) in [6, 6.07) is 1.40. The minimum absolute atomic E-state index is 0.269. The van der Waals surface area contributed by atoms with Crippen LogP contribution in [0.5, 0.6) is 0 Å². The van der Waals surface area contributed by atoms with E-state index in [1.54, 1.807) is 0 Å². The zero-order chi connectivity index (χ0) is 13.0. The Kier molecular flexibility index (Phi) is 4.47. The molecule has 0 radical (unpaired) electrons. The van der Waals surface area contributed by atoms with E-state index in [0.29, 0.717) is 6.04 Å². The minimum Gasteiger partial charge on any atom is -0.354 e. The van der Waals surface area contributed by atoms with Crippen molar-refractivity contribution in [1.82, 2.24) is 10.3 Å². The highest BCUT2D eigenvalue weighted by atomic mass is 19.1. The zero-order valence-electron chi connectivity index (χ0n) is 10.6. The molecule has 0 saturated carbocycles. The average molecular weight is 255 g/mol. The molecular formula is C13H19F2N3. The summed E-state index contributed by atoms with van der Waals surface area (Å²) in [4.78, 5) is 5.73. The standard InChI is InChI=1S/C13H19F2N3/c1-2-5-16-11-3-6-18(7-4-11)13-12(15)8-10(14)9-17-13/h8-9,11,16H,2-7H2,1H3. The molecule has 1 fully saturated rings. The Bertz CT molecular complexity index is 390. The first-order valence-electron chi connectivity index (χ1n) is 6.50. The molecule has 0 bridgehead atoms. The van der Waals surface area contributed by atoms with Crippen LogP contribution in [-0.4, -0.2) is 30.7 Å². The summed E-state index contributed by atoms with van der Waals surface area (Å²) in [6.45, 7) is 4.68. The Balaban J connectivity index is 1.93. The van der Waals surface area contributed by atoms with Crippen LogP contribution >= 0.6 is 0 Å². The summed E-state index contributed by atoms with van der Waals surface area (Å²) in [7, 11) is 0. The monoisotopic (exact) mass is 255 g/mol. The second-order valence-electron chi connectivity index (χ2n) is 4.67. The fraction of sp³-hybridized carbons (Fsp3) is 0.615. The lowest BCUT2D eigenvalue weighted by molar-refractivity contribution is 0.411. The van der Waals surface area contributed by atoms with Gasteiger partial charge >= 0.3 is 0 Å². The van der Waals surface area contributed by atoms with Crippen molar-refractivity contribution in [3.05, 3.63) is 23.9 Å². The van der Waals surface area contributed by atoms with Gasteiger partial charge in [0.05, 0.1) is 6.20 Å². The van der Waals surface area contributed by atoms with E-state index in [2.05, 4.69) is 17.2 Å². The van der Waals surface area contributed by atoms with E-state index in [1.165, 1.54) is 0 Å². The van der Waals surface area contributed by atoms with Crippen molar-refractivity contribution in [3.8, 4) is 0 Å². The van der Waals surface area contributed by atoms with E-state index in [1.807, 2.05) is 4.90 Å². The summed E-state index contributed by atoms with van der Waals surface area (Å²) in [6.07, 6.45) is 4.13. The number of anilines is 1. The molecule has 100 valence electrons. The topological polar surface area (TPSA) is 28.2 Å². The molecule has 2 rings (SSSR count). The second kappa shape index (κ2) is 6.09. The Morgan fingerprint density at radius 2 is 2.11 bits per heavy atom. The van der Waals surface area contributed by atoms with Gasteiger partial charge in [-0.05, 0) is 25.8 Å². The van der Waals surface area contributed by atoms with Crippen molar-refractivity contribution in [2.24, 2.45) is 0 Å². The third-order valence-corrected chi connectivity index (χ3v) is 3.27. The molecule has 5 heteroatoms. The van der Waals surface area contributed by atoms with Gasteiger partial charge in [0.25, 0.3) is 0 Å². The first-order valence-corrected chi connectivity index (χ1v) is 6.50. The van der Waals surface area contributed by atoms with E-state index < -0.39 is 11.6 Å². The first kappa shape index (κ1) is 13.2. The van der Waals surface area contributed by atoms with Crippen molar-refractivity contribution in [3.63, 3.8) is 0 Å². The average Bonchev–Trinajstić information content (AvgIpc) is 2.37. The molecule has 3 nitrogen and oxygen atoms in total. The van der Waals surface area contributed by atoms with Crippen LogP contribution in [-0.2, 0) is 0 Å². The smallest absolute Gasteiger partial charge is 0.168 e. The number of hydrogen-bond acceptors (Lipinski definition) is 3. The van der Waals surface area contributed by atoms with E-state index in [9.17, 15) is 8.78 Å². The molecular weight excluding hydrogens is 236 g/mol. The maximum Gasteiger partial charge on any atom is 0.168 e. The third-order valence-electron chi connectivity index (χ3n) is 3.27. The lowest BCUT2D eigenvalue weighted by Gasteiger charge is -2.33. The van der Waals surface area contributed by atoms with Crippen LogP contribution in [0.4, 0.5) is 14.6 Å². The van der Waals surface area contributed by atoms with Crippen LogP contribution in [0.3, 0.4) is 0 Å². The molecule has 1 aromatic rings. The fourth-order valence-corrected chi connectivity index (χ4v) is 2.28. The van der Waals surface area contributed by atoms with Gasteiger partial charge in [-0.2, -0.15) is 0 Å². The molecule has 1 N–H and O–H groups in total. The maximum atomic E-state index is 13.6. The number of pyridine rings is 1. The van der Waals surface area contributed by atoms with Crippen molar-refractivity contribution in [2.75, 3.05) is 24.5 Å². The highest BCUT2D eigenvalue weighted by Crippen LogP contribution is 2.21. The van der Waals surface area contributed by atoms with Gasteiger partial charge in [-0.15, -0.1) is 0 Å². The van der Waals surface area contributed by atoms with Gasteiger partial charge in [-0.25, -0.2) is 13.8 Å². The Morgan fingerprint density at radius 3 is 2.72 bits per heavy atom. The van der Waals surface area contributed by atoms with Gasteiger partial charge in [0.1, 0.15) is 5.82 Å². The Hall–Kier alpha value is -1.23. The van der Waals surface area contributed by atoms with Gasteiger partial charge in [0, 0.05) is 25.2 Å². The largest absolute Gasteiger partial charge is 0.354 e. The highest BCUT2D eigenvalue weighted by Gasteiger charge is 2.21. The first-order chi connectivity index (χ1) is 8.70. The predicted octanol–water partition coefficient (Wildman–Crippen LogP) is 2.33. The number of nitrogens with one attached hydrogen (secondary N) is 1. The van der Waals surface area contributed by atoms with Gasteiger partial charge in [0.2, 0.25) is 0 Å². The molecule has 0 aromatic carbocycles. The summed E-state index contributed by atoms with van der Waals surface area (Å²) < 4.78 is 26.4. The van der Waals surface area contributed by atoms with Gasteiger partial charge < -0.3 is 10.2 Å². The summed E-state index contributed by atoms with van der Waals surface area (Å²) >= 11 is 0. The maximum absolute atomic E-state index is 13.6. The molecule has 1 aliphatic heterocycles. The summed E-state index contributed by atoms with van der Waals surface area (Å²) in [5.74, 6) is -0.934. The van der Waals surface area contributed by atoms with Crippen molar-refractivity contribution >= 4 is 5.82 Å². The molecule has 0 atom stereocenters. The van der Waals surface area contributed by atoms with E-state index >= 15 is 0 Å². The van der Waals surface area contributed by atoms with Crippen LogP contribution in [0.25, 0.3) is 0 Å². The molecule has 0 amide bonds. The Labute approximate surface area is 106 Å². The summed E-state index contributed by atoms with van der Waals surface area (Å²) in [5.41, 5.74) is 0. The SMILES string of the molecule is CCCNC1CCN(c2ncc(F)cc2F)CC1. The molecule has 1 aromatic heterocycles. The number of halogens is 2. The lowest BCUT2D eigenvalue weighted by atomic mass is 10.0. The molecule has 0 spiro atoms. The molecule has 2 heterocycles. The zero-order valence-corrected chi connectivity index (χ0v) is 10.6. The fourth-order valence-electron chi connectivity index (χ4n) is 2.28. The number of nitrogens with zero attached hydrogens (tertiary/aromatic N) is 2. The van der Waals surface area contributed by atoms with Crippen LogP contribution in [0, 0.1) is 11.6 Å². The predicted molar refractivity (Wildman–Crippen MR) is 67.7 cm³/mol. The number of piperidine rings is 1. The van der Waals surface area contributed by atoms with Crippen LogP contribution in [0.2, 0.25) is 0 Å². The van der Waals surface area contributed by atoms with Crippen molar-refractivity contribution < 1.29 is 8.78 Å². The third kappa shape index (κ3) is 3.16. The number of hydrogen-bond donors (Lipinski definition) is 1. The van der Waals surface area contributed by atoms with E-state index in [4.69, 9.17) is 0 Å². The van der Waals surface area contributed by atoms with Crippen molar-refractivity contribution in [1.29, 1.82) is 0 Å². The quantitative estimate of drug-likeness (QED) is 0.895. The lowest BCUT2D eigenvalue weighted by Crippen LogP contribution is -2.43. The highest BCUT2D eigenvalue weighted by molar-refractivity contribution is 5.40. The van der Waals surface area contributed by atoms with Gasteiger partial charge in [-0.1, -0.05) is 6.92 Å². The van der Waals surface area contributed by atoms with Crippen LogP contribution in [0.1, 0.15) is 26.2 Å². The minimum atomic E-state index is -0.629. The number of aromatic nitrogens is 1. The van der Waals surface area contributed by atoms with E-state index in [-0.39, 0.29) is 5.82 Å². The van der Waals surface area contributed by atoms with E-state index in [0.717, 1.165) is 51.2 Å². The molecule has 1 aliphatic rings. The molecule has 0 unspecified atom stereocenters. The molecule has 0 aliphatic carbocycles. The summed E-state index contributed by atoms with van der Waals surface area (Å²) in [5, 5.41) is 3.47. The number of rotatable bonds is 4. The second-order valence-corrected chi connectivity index (χ2v) is 4.67.